The Kier molecular flexibility index (Phi) is 6.28. The highest BCUT2D eigenvalue weighted by molar-refractivity contribution is 6.06. The third-order valence-electron chi connectivity index (χ3n) is 3.44. The fourth-order valence-corrected chi connectivity index (χ4v) is 2.13. The highest BCUT2D eigenvalue weighted by atomic mass is 16.5. The van der Waals surface area contributed by atoms with Crippen molar-refractivity contribution in [3.8, 4) is 5.75 Å². The predicted molar refractivity (Wildman–Crippen MR) is 91.3 cm³/mol. The first-order valence-electron chi connectivity index (χ1n) is 7.68. The first kappa shape index (κ1) is 18.2. The molecule has 130 valence electrons. The smallest absolute Gasteiger partial charge is 0.310 e. The number of hydrogen-bond acceptors (Lipinski definition) is 5. The number of nitrogens with one attached hydrogen (secondary N) is 1. The van der Waals surface area contributed by atoms with Crippen molar-refractivity contribution in [1.82, 2.24) is 5.32 Å². The molecule has 2 aromatic carbocycles. The molecule has 0 aromatic heterocycles. The number of ether oxygens (including phenoxy) is 2. The van der Waals surface area contributed by atoms with Crippen LogP contribution in [-0.4, -0.2) is 31.5 Å². The minimum atomic E-state index is -0.701. The van der Waals surface area contributed by atoms with E-state index in [2.05, 4.69) is 5.32 Å². The van der Waals surface area contributed by atoms with Crippen LogP contribution in [-0.2, 0) is 20.7 Å². The second-order valence-corrected chi connectivity index (χ2v) is 5.40. The van der Waals surface area contributed by atoms with Crippen LogP contribution < -0.4 is 10.1 Å². The summed E-state index contributed by atoms with van der Waals surface area (Å²) in [6, 6.07) is 13.9. The third kappa shape index (κ3) is 5.46. The van der Waals surface area contributed by atoms with Gasteiger partial charge in [-0.2, -0.15) is 0 Å². The van der Waals surface area contributed by atoms with E-state index in [4.69, 9.17) is 9.47 Å². The van der Waals surface area contributed by atoms with Gasteiger partial charge < -0.3 is 9.47 Å². The van der Waals surface area contributed by atoms with Crippen molar-refractivity contribution in [2.75, 3.05) is 13.7 Å². The number of rotatable bonds is 6. The van der Waals surface area contributed by atoms with Gasteiger partial charge in [-0.25, -0.2) is 0 Å². The Morgan fingerprint density at radius 2 is 1.68 bits per heavy atom. The van der Waals surface area contributed by atoms with Gasteiger partial charge in [-0.15, -0.1) is 0 Å². The molecule has 2 amide bonds. The SMILES string of the molecule is COc1ccccc1C(=O)NC(=O)COC(=O)Cc1ccc(C)cc1. The van der Waals surface area contributed by atoms with Crippen LogP contribution in [0.3, 0.4) is 0 Å². The molecule has 6 heteroatoms. The average molecular weight is 341 g/mol. The van der Waals surface area contributed by atoms with Gasteiger partial charge in [0.05, 0.1) is 19.1 Å². The second-order valence-electron chi connectivity index (χ2n) is 5.40. The molecular formula is C19H19NO5. The molecule has 1 N–H and O–H groups in total. The summed E-state index contributed by atoms with van der Waals surface area (Å²) >= 11 is 0. The maximum absolute atomic E-state index is 12.0. The van der Waals surface area contributed by atoms with Crippen LogP contribution in [0.1, 0.15) is 21.5 Å². The van der Waals surface area contributed by atoms with Gasteiger partial charge in [-0.05, 0) is 24.6 Å². The van der Waals surface area contributed by atoms with E-state index in [1.54, 1.807) is 18.2 Å². The molecule has 0 saturated heterocycles. The maximum Gasteiger partial charge on any atom is 0.310 e. The second kappa shape index (κ2) is 8.63. The Hall–Kier alpha value is -3.15. The van der Waals surface area contributed by atoms with Crippen molar-refractivity contribution < 1.29 is 23.9 Å². The molecule has 25 heavy (non-hydrogen) atoms. The Labute approximate surface area is 145 Å². The highest BCUT2D eigenvalue weighted by Gasteiger charge is 2.16. The van der Waals surface area contributed by atoms with Gasteiger partial charge in [0.2, 0.25) is 0 Å². The summed E-state index contributed by atoms with van der Waals surface area (Å²) in [5, 5.41) is 2.16. The summed E-state index contributed by atoms with van der Waals surface area (Å²) in [6.07, 6.45) is 0.0635. The molecule has 0 bridgehead atoms. The van der Waals surface area contributed by atoms with Crippen molar-refractivity contribution in [2.45, 2.75) is 13.3 Å². The lowest BCUT2D eigenvalue weighted by atomic mass is 10.1. The minimum absolute atomic E-state index is 0.0635. The molecule has 0 saturated carbocycles. The fraction of sp³-hybridized carbons (Fsp3) is 0.211. The lowest BCUT2D eigenvalue weighted by Gasteiger charge is -2.09. The molecule has 0 fully saturated rings. The zero-order valence-electron chi connectivity index (χ0n) is 14.1. The molecule has 6 nitrogen and oxygen atoms in total. The van der Waals surface area contributed by atoms with Crippen molar-refractivity contribution in [3.05, 3.63) is 65.2 Å². The van der Waals surface area contributed by atoms with E-state index in [9.17, 15) is 14.4 Å². The van der Waals surface area contributed by atoms with Crippen molar-refractivity contribution in [2.24, 2.45) is 0 Å². The normalized spacial score (nSPS) is 10.0. The van der Waals surface area contributed by atoms with Crippen molar-refractivity contribution in [3.63, 3.8) is 0 Å². The molecule has 0 radical (unpaired) electrons. The molecule has 0 aliphatic carbocycles. The fourth-order valence-electron chi connectivity index (χ4n) is 2.13. The maximum atomic E-state index is 12.0. The molecule has 0 aliphatic rings. The Morgan fingerprint density at radius 3 is 2.36 bits per heavy atom. The third-order valence-corrected chi connectivity index (χ3v) is 3.44. The molecule has 2 aromatic rings. The summed E-state index contributed by atoms with van der Waals surface area (Å²) < 4.78 is 9.96. The van der Waals surface area contributed by atoms with E-state index in [1.165, 1.54) is 13.2 Å². The van der Waals surface area contributed by atoms with Gasteiger partial charge >= 0.3 is 5.97 Å². The Balaban J connectivity index is 1.82. The van der Waals surface area contributed by atoms with Crippen molar-refractivity contribution >= 4 is 17.8 Å². The number of carbonyl (C=O) groups is 3. The van der Waals surface area contributed by atoms with Crippen LogP contribution in [0.2, 0.25) is 0 Å². The van der Waals surface area contributed by atoms with E-state index in [0.717, 1.165) is 11.1 Å². The molecule has 0 atom stereocenters. The number of carbonyl (C=O) groups excluding carboxylic acids is 3. The average Bonchev–Trinajstić information content (AvgIpc) is 2.62. The monoisotopic (exact) mass is 341 g/mol. The summed E-state index contributed by atoms with van der Waals surface area (Å²) in [4.78, 5) is 35.6. The molecule has 0 aliphatic heterocycles. The van der Waals surface area contributed by atoms with E-state index < -0.39 is 24.4 Å². The highest BCUT2D eigenvalue weighted by Crippen LogP contribution is 2.16. The van der Waals surface area contributed by atoms with Gasteiger partial charge in [0.25, 0.3) is 11.8 Å². The molecule has 2 rings (SSSR count). The molecule has 0 heterocycles. The lowest BCUT2D eigenvalue weighted by Crippen LogP contribution is -2.34. The van der Waals surface area contributed by atoms with Crippen LogP contribution in [0.15, 0.2) is 48.5 Å². The van der Waals surface area contributed by atoms with E-state index in [-0.39, 0.29) is 12.0 Å². The van der Waals surface area contributed by atoms with Gasteiger partial charge in [0.1, 0.15) is 5.75 Å². The van der Waals surface area contributed by atoms with Crippen LogP contribution >= 0.6 is 0 Å². The van der Waals surface area contributed by atoms with Gasteiger partial charge in [-0.3, -0.25) is 19.7 Å². The number of imide groups is 1. The van der Waals surface area contributed by atoms with Crippen LogP contribution in [0.5, 0.6) is 5.75 Å². The summed E-state index contributed by atoms with van der Waals surface area (Å²) in [7, 11) is 1.43. The zero-order chi connectivity index (χ0) is 18.2. The molecular weight excluding hydrogens is 322 g/mol. The van der Waals surface area contributed by atoms with Crippen LogP contribution in [0, 0.1) is 6.92 Å². The largest absolute Gasteiger partial charge is 0.496 e. The molecule has 0 unspecified atom stereocenters. The first-order valence-corrected chi connectivity index (χ1v) is 7.68. The number of amides is 2. The quantitative estimate of drug-likeness (QED) is 0.813. The summed E-state index contributed by atoms with van der Waals surface area (Å²) in [5.74, 6) is -1.50. The number of esters is 1. The predicted octanol–water partition coefficient (Wildman–Crippen LogP) is 2.05. The summed E-state index contributed by atoms with van der Waals surface area (Å²) in [6.45, 7) is 1.43. The number of methoxy groups -OCH3 is 1. The van der Waals surface area contributed by atoms with Gasteiger partial charge in [-0.1, -0.05) is 42.0 Å². The number of para-hydroxylation sites is 1. The zero-order valence-corrected chi connectivity index (χ0v) is 14.1. The van der Waals surface area contributed by atoms with Crippen molar-refractivity contribution in [1.29, 1.82) is 0 Å². The van der Waals surface area contributed by atoms with E-state index in [1.807, 2.05) is 31.2 Å². The van der Waals surface area contributed by atoms with Crippen LogP contribution in [0.4, 0.5) is 0 Å². The molecule has 0 spiro atoms. The topological polar surface area (TPSA) is 81.7 Å². The van der Waals surface area contributed by atoms with E-state index >= 15 is 0 Å². The number of benzene rings is 2. The first-order chi connectivity index (χ1) is 12.0. The Morgan fingerprint density at radius 1 is 1.00 bits per heavy atom. The minimum Gasteiger partial charge on any atom is -0.496 e. The van der Waals surface area contributed by atoms with Gasteiger partial charge in [0, 0.05) is 0 Å². The summed E-state index contributed by atoms with van der Waals surface area (Å²) in [5.41, 5.74) is 2.11. The van der Waals surface area contributed by atoms with E-state index in [0.29, 0.717) is 5.75 Å². The standard InChI is InChI=1S/C19H19NO5/c1-13-7-9-14(10-8-13)11-18(22)25-12-17(21)20-19(23)15-5-3-4-6-16(15)24-2/h3-10H,11-12H2,1-2H3,(H,20,21,23). The lowest BCUT2D eigenvalue weighted by molar-refractivity contribution is -0.147. The Bertz CT molecular complexity index is 768. The number of aryl methyl sites for hydroxylation is 1. The van der Waals surface area contributed by atoms with Gasteiger partial charge in [0.15, 0.2) is 6.61 Å². The van der Waals surface area contributed by atoms with Crippen LogP contribution in [0.25, 0.3) is 0 Å². The number of hydrogen-bond donors (Lipinski definition) is 1.